The summed E-state index contributed by atoms with van der Waals surface area (Å²) in [6, 6.07) is 7.12. The Morgan fingerprint density at radius 1 is 1.05 bits per heavy atom. The highest BCUT2D eigenvalue weighted by atomic mass is 79.9. The minimum absolute atomic E-state index is 0.270. The third kappa shape index (κ3) is 3.23. The molecule has 0 amide bonds. The van der Waals surface area contributed by atoms with Gasteiger partial charge in [-0.25, -0.2) is 13.2 Å². The molecule has 0 saturated carbocycles. The zero-order valence-corrected chi connectivity index (χ0v) is 11.2. The van der Waals surface area contributed by atoms with E-state index < -0.39 is 28.8 Å². The number of rotatable bonds is 3. The third-order valence-corrected chi connectivity index (χ3v) is 2.99. The van der Waals surface area contributed by atoms with Crippen LogP contribution < -0.4 is 0 Å². The molecule has 2 aromatic rings. The van der Waals surface area contributed by atoms with Gasteiger partial charge >= 0.3 is 0 Å². The number of hydrogen-bond donors (Lipinski definition) is 0. The van der Waals surface area contributed by atoms with Gasteiger partial charge in [0, 0.05) is 10.9 Å². The molecular weight excluding hydrogens is 321 g/mol. The Balaban J connectivity index is 2.31. The molecule has 0 fully saturated rings. The topological polar surface area (TPSA) is 17.1 Å². The Morgan fingerprint density at radius 2 is 1.68 bits per heavy atom. The van der Waals surface area contributed by atoms with Crippen molar-refractivity contribution in [2.75, 3.05) is 0 Å². The summed E-state index contributed by atoms with van der Waals surface area (Å²) in [6.07, 6.45) is -0.270. The van der Waals surface area contributed by atoms with Crippen molar-refractivity contribution in [1.29, 1.82) is 0 Å². The molecule has 98 valence electrons. The van der Waals surface area contributed by atoms with Gasteiger partial charge in [-0.1, -0.05) is 22.0 Å². The highest BCUT2D eigenvalue weighted by Gasteiger charge is 2.17. The average molecular weight is 329 g/mol. The number of benzene rings is 2. The predicted octanol–water partition coefficient (Wildman–Crippen LogP) is 4.29. The summed E-state index contributed by atoms with van der Waals surface area (Å²) in [6.45, 7) is 0. The Morgan fingerprint density at radius 3 is 2.26 bits per heavy atom. The summed E-state index contributed by atoms with van der Waals surface area (Å²) in [7, 11) is 0. The van der Waals surface area contributed by atoms with Gasteiger partial charge in [0.05, 0.1) is 5.56 Å². The van der Waals surface area contributed by atoms with Gasteiger partial charge in [0.1, 0.15) is 17.5 Å². The molecule has 2 rings (SSSR count). The molecule has 0 aliphatic rings. The van der Waals surface area contributed by atoms with Crippen molar-refractivity contribution in [1.82, 2.24) is 0 Å². The van der Waals surface area contributed by atoms with Gasteiger partial charge < -0.3 is 0 Å². The Hall–Kier alpha value is -1.62. The molecule has 1 nitrogen and oxygen atoms in total. The molecule has 0 bridgehead atoms. The molecule has 0 atom stereocenters. The molecular formula is C14H8BrF3O. The normalized spacial score (nSPS) is 10.5. The molecule has 0 unspecified atom stereocenters. The van der Waals surface area contributed by atoms with Crippen LogP contribution in [-0.4, -0.2) is 5.78 Å². The Bertz CT molecular complexity index is 600. The highest BCUT2D eigenvalue weighted by molar-refractivity contribution is 9.10. The zero-order valence-electron chi connectivity index (χ0n) is 9.59. The summed E-state index contributed by atoms with van der Waals surface area (Å²) >= 11 is 3.09. The average Bonchev–Trinajstić information content (AvgIpc) is 2.26. The van der Waals surface area contributed by atoms with E-state index in [0.29, 0.717) is 10.0 Å². The lowest BCUT2D eigenvalue weighted by molar-refractivity contribution is 0.0985. The standard InChI is InChI=1S/C14H8BrF3O/c15-9-4-8(5-10(16)7-9)6-13(19)14-11(17)2-1-3-12(14)18/h1-5,7H,6H2. The number of hydrogen-bond acceptors (Lipinski definition) is 1. The molecule has 0 saturated heterocycles. The largest absolute Gasteiger partial charge is 0.294 e. The van der Waals surface area contributed by atoms with Crippen LogP contribution in [0.4, 0.5) is 13.2 Å². The van der Waals surface area contributed by atoms with Crippen molar-refractivity contribution in [3.05, 3.63) is 69.4 Å². The van der Waals surface area contributed by atoms with E-state index in [9.17, 15) is 18.0 Å². The molecule has 0 aromatic heterocycles. The first-order valence-corrected chi connectivity index (χ1v) is 6.19. The van der Waals surface area contributed by atoms with E-state index in [1.54, 1.807) is 0 Å². The minimum Gasteiger partial charge on any atom is -0.294 e. The molecule has 0 spiro atoms. The lowest BCUT2D eigenvalue weighted by atomic mass is 10.0. The smallest absolute Gasteiger partial charge is 0.173 e. The van der Waals surface area contributed by atoms with Crippen LogP contribution in [0.25, 0.3) is 0 Å². The summed E-state index contributed by atoms with van der Waals surface area (Å²) in [4.78, 5) is 11.9. The molecule has 0 N–H and O–H groups in total. The molecule has 0 aliphatic heterocycles. The number of halogens is 4. The molecule has 0 radical (unpaired) electrons. The first-order valence-electron chi connectivity index (χ1n) is 5.39. The molecule has 0 heterocycles. The van der Waals surface area contributed by atoms with E-state index in [1.807, 2.05) is 0 Å². The van der Waals surface area contributed by atoms with Gasteiger partial charge in [-0.05, 0) is 35.9 Å². The lowest BCUT2D eigenvalue weighted by Crippen LogP contribution is -2.09. The van der Waals surface area contributed by atoms with E-state index in [4.69, 9.17) is 0 Å². The van der Waals surface area contributed by atoms with Crippen molar-refractivity contribution in [3.63, 3.8) is 0 Å². The zero-order chi connectivity index (χ0) is 14.0. The van der Waals surface area contributed by atoms with E-state index in [1.165, 1.54) is 18.2 Å². The van der Waals surface area contributed by atoms with Crippen LogP contribution in [0.3, 0.4) is 0 Å². The van der Waals surface area contributed by atoms with Crippen LogP contribution in [0, 0.1) is 17.5 Å². The van der Waals surface area contributed by atoms with Gasteiger partial charge in [0.2, 0.25) is 0 Å². The molecule has 0 aliphatic carbocycles. The van der Waals surface area contributed by atoms with Crippen molar-refractivity contribution >= 4 is 21.7 Å². The van der Waals surface area contributed by atoms with Crippen molar-refractivity contribution in [2.24, 2.45) is 0 Å². The fourth-order valence-corrected chi connectivity index (χ4v) is 2.26. The highest BCUT2D eigenvalue weighted by Crippen LogP contribution is 2.19. The van der Waals surface area contributed by atoms with E-state index in [0.717, 1.165) is 18.2 Å². The molecule has 2 aromatic carbocycles. The second kappa shape index (κ2) is 5.57. The van der Waals surface area contributed by atoms with Crippen molar-refractivity contribution in [2.45, 2.75) is 6.42 Å². The number of carbonyl (C=O) groups is 1. The third-order valence-electron chi connectivity index (χ3n) is 2.53. The van der Waals surface area contributed by atoms with Crippen LogP contribution in [0.1, 0.15) is 15.9 Å². The van der Waals surface area contributed by atoms with Gasteiger partial charge in [0.25, 0.3) is 0 Å². The number of Topliss-reactive ketones (excluding diaryl/α,β-unsaturated/α-hetero) is 1. The van der Waals surface area contributed by atoms with Crippen molar-refractivity contribution < 1.29 is 18.0 Å². The van der Waals surface area contributed by atoms with Gasteiger partial charge in [-0.15, -0.1) is 0 Å². The summed E-state index contributed by atoms with van der Waals surface area (Å²) in [5.74, 6) is -3.08. The van der Waals surface area contributed by atoms with Crippen LogP contribution in [0.2, 0.25) is 0 Å². The predicted molar refractivity (Wildman–Crippen MR) is 68.5 cm³/mol. The second-order valence-corrected chi connectivity index (χ2v) is 4.89. The van der Waals surface area contributed by atoms with E-state index in [2.05, 4.69) is 15.9 Å². The first kappa shape index (κ1) is 13.8. The van der Waals surface area contributed by atoms with Gasteiger partial charge in [0.15, 0.2) is 5.78 Å². The van der Waals surface area contributed by atoms with E-state index >= 15 is 0 Å². The van der Waals surface area contributed by atoms with Crippen molar-refractivity contribution in [3.8, 4) is 0 Å². The lowest BCUT2D eigenvalue weighted by Gasteiger charge is -2.05. The maximum Gasteiger partial charge on any atom is 0.173 e. The molecule has 19 heavy (non-hydrogen) atoms. The van der Waals surface area contributed by atoms with Crippen LogP contribution >= 0.6 is 15.9 Å². The van der Waals surface area contributed by atoms with Crippen LogP contribution in [0.15, 0.2) is 40.9 Å². The summed E-state index contributed by atoms with van der Waals surface area (Å²) < 4.78 is 40.4. The first-order chi connectivity index (χ1) is 8.97. The quantitative estimate of drug-likeness (QED) is 0.768. The van der Waals surface area contributed by atoms with Gasteiger partial charge in [-0.2, -0.15) is 0 Å². The second-order valence-electron chi connectivity index (χ2n) is 3.97. The number of ketones is 1. The fraction of sp³-hybridized carbons (Fsp3) is 0.0714. The van der Waals surface area contributed by atoms with Crippen LogP contribution in [0.5, 0.6) is 0 Å². The minimum atomic E-state index is -0.916. The van der Waals surface area contributed by atoms with Gasteiger partial charge in [-0.3, -0.25) is 4.79 Å². The molecule has 5 heteroatoms. The summed E-state index contributed by atoms with van der Waals surface area (Å²) in [5.41, 5.74) is -0.248. The van der Waals surface area contributed by atoms with Crippen LogP contribution in [-0.2, 0) is 6.42 Å². The maximum atomic E-state index is 13.4. The SMILES string of the molecule is O=C(Cc1cc(F)cc(Br)c1)c1c(F)cccc1F. The van der Waals surface area contributed by atoms with E-state index in [-0.39, 0.29) is 6.42 Å². The Kier molecular flexibility index (Phi) is 4.04. The maximum absolute atomic E-state index is 13.4. The monoisotopic (exact) mass is 328 g/mol. The fourth-order valence-electron chi connectivity index (χ4n) is 1.75. The Labute approximate surface area is 116 Å². The summed E-state index contributed by atoms with van der Waals surface area (Å²) in [5, 5.41) is 0. The number of carbonyl (C=O) groups excluding carboxylic acids is 1.